The average molecular weight is 693 g/mol. The van der Waals surface area contributed by atoms with E-state index in [2.05, 4.69) is 34.6 Å². The Hall–Kier alpha value is -6.02. The summed E-state index contributed by atoms with van der Waals surface area (Å²) >= 11 is 0. The number of hydrogen-bond acceptors (Lipinski definition) is 6. The number of benzene rings is 5. The lowest BCUT2D eigenvalue weighted by molar-refractivity contribution is 0.0608. The molecule has 5 aromatic carbocycles. The van der Waals surface area contributed by atoms with Crippen LogP contribution < -0.4 is 14.4 Å². The molecule has 0 atom stereocenters. The topological polar surface area (TPSA) is 93.2 Å². The van der Waals surface area contributed by atoms with Crippen LogP contribution in [0.1, 0.15) is 107 Å². The first-order valence-electron chi connectivity index (χ1n) is 17.4. The number of ether oxygens (including phenoxy) is 2. The van der Waals surface area contributed by atoms with Crippen LogP contribution in [0, 0.1) is 0 Å². The summed E-state index contributed by atoms with van der Waals surface area (Å²) in [7, 11) is 0. The van der Waals surface area contributed by atoms with E-state index in [0.29, 0.717) is 50.9 Å². The second-order valence-electron chi connectivity index (χ2n) is 15.1. The Bertz CT molecular complexity index is 2260. The van der Waals surface area contributed by atoms with Crippen LogP contribution in [0.2, 0.25) is 0 Å². The Kier molecular flexibility index (Phi) is 8.37. The predicted molar refractivity (Wildman–Crippen MR) is 200 cm³/mol. The Morgan fingerprint density at radius 3 is 1.42 bits per heavy atom. The van der Waals surface area contributed by atoms with Gasteiger partial charge >= 0.3 is 0 Å². The predicted octanol–water partition coefficient (Wildman–Crippen LogP) is 9.70. The van der Waals surface area contributed by atoms with E-state index < -0.39 is 0 Å². The van der Waals surface area contributed by atoms with Crippen LogP contribution in [-0.2, 0) is 10.8 Å². The largest absolute Gasteiger partial charge is 0.457 e. The van der Waals surface area contributed by atoms with Gasteiger partial charge < -0.3 is 9.47 Å². The van der Waals surface area contributed by atoms with Crippen LogP contribution in [0.25, 0.3) is 0 Å². The maximum absolute atomic E-state index is 13.5. The first kappa shape index (κ1) is 34.4. The van der Waals surface area contributed by atoms with Crippen LogP contribution in [0.3, 0.4) is 0 Å². The van der Waals surface area contributed by atoms with Crippen LogP contribution in [0.4, 0.5) is 5.69 Å². The minimum atomic E-state index is -0.373. The van der Waals surface area contributed by atoms with Gasteiger partial charge in [-0.05, 0) is 109 Å². The van der Waals surface area contributed by atoms with Gasteiger partial charge in [-0.2, -0.15) is 0 Å². The van der Waals surface area contributed by atoms with Crippen LogP contribution >= 0.6 is 0 Å². The smallest absolute Gasteiger partial charge is 0.266 e. The van der Waals surface area contributed by atoms with E-state index in [1.54, 1.807) is 42.5 Å². The van der Waals surface area contributed by atoms with E-state index in [0.717, 1.165) is 16.7 Å². The fraction of sp³-hybridized carbons (Fsp3) is 0.227. The second kappa shape index (κ2) is 12.6. The molecule has 2 aliphatic heterocycles. The SMILES string of the molecule is CC(C)N1C(=O)c2ccc(Oc3ccc(C(C)(C)c4ccc(Oc5ccc6c(c5)C(=O)N(c5cccc(C(C)(C)C)c5)C6=O)cc4)cc3)cc2C1=O. The number of carbonyl (C=O) groups is 4. The maximum Gasteiger partial charge on any atom is 0.266 e. The molecule has 0 N–H and O–H groups in total. The summed E-state index contributed by atoms with van der Waals surface area (Å²) in [5, 5.41) is 0. The highest BCUT2D eigenvalue weighted by atomic mass is 16.5. The van der Waals surface area contributed by atoms with Crippen molar-refractivity contribution in [1.29, 1.82) is 0 Å². The second-order valence-corrected chi connectivity index (χ2v) is 15.1. The van der Waals surface area contributed by atoms with E-state index in [1.165, 1.54) is 9.80 Å². The quantitative estimate of drug-likeness (QED) is 0.150. The summed E-state index contributed by atoms with van der Waals surface area (Å²) in [6.45, 7) is 14.2. The van der Waals surface area contributed by atoms with E-state index in [9.17, 15) is 19.2 Å². The summed E-state index contributed by atoms with van der Waals surface area (Å²) in [5.41, 5.74) is 4.64. The van der Waals surface area contributed by atoms with Crippen LogP contribution in [-0.4, -0.2) is 34.6 Å². The zero-order valence-electron chi connectivity index (χ0n) is 30.3. The molecular weight excluding hydrogens is 652 g/mol. The van der Waals surface area contributed by atoms with Crippen LogP contribution in [0.15, 0.2) is 109 Å². The minimum Gasteiger partial charge on any atom is -0.457 e. The fourth-order valence-corrected chi connectivity index (χ4v) is 6.72. The Morgan fingerprint density at radius 1 is 0.481 bits per heavy atom. The lowest BCUT2D eigenvalue weighted by Gasteiger charge is -2.26. The third kappa shape index (κ3) is 6.04. The first-order chi connectivity index (χ1) is 24.6. The number of carbonyl (C=O) groups excluding carboxylic acids is 4. The highest BCUT2D eigenvalue weighted by molar-refractivity contribution is 6.34. The van der Waals surface area contributed by atoms with Gasteiger partial charge in [0.25, 0.3) is 23.6 Å². The van der Waals surface area contributed by atoms with E-state index in [-0.39, 0.29) is 40.5 Å². The van der Waals surface area contributed by atoms with E-state index in [4.69, 9.17) is 9.47 Å². The molecule has 2 aliphatic rings. The molecular formula is C44H40N2O6. The van der Waals surface area contributed by atoms with Crippen molar-refractivity contribution < 1.29 is 28.7 Å². The highest BCUT2D eigenvalue weighted by Crippen LogP contribution is 2.37. The molecule has 2 heterocycles. The number of hydrogen-bond donors (Lipinski definition) is 0. The number of nitrogens with zero attached hydrogens (tertiary/aromatic N) is 2. The molecule has 262 valence electrons. The Morgan fingerprint density at radius 2 is 0.923 bits per heavy atom. The summed E-state index contributed by atoms with van der Waals surface area (Å²) in [5.74, 6) is 0.840. The lowest BCUT2D eigenvalue weighted by Crippen LogP contribution is -2.35. The zero-order chi connectivity index (χ0) is 37.1. The molecule has 0 aliphatic carbocycles. The van der Waals surface area contributed by atoms with Crippen molar-refractivity contribution in [3.63, 3.8) is 0 Å². The van der Waals surface area contributed by atoms with Gasteiger partial charge in [0.15, 0.2) is 0 Å². The molecule has 0 radical (unpaired) electrons. The van der Waals surface area contributed by atoms with Crippen molar-refractivity contribution in [2.45, 2.75) is 65.3 Å². The van der Waals surface area contributed by atoms with Crippen molar-refractivity contribution in [3.8, 4) is 23.0 Å². The Labute approximate surface area is 303 Å². The van der Waals surface area contributed by atoms with Crippen molar-refractivity contribution >= 4 is 29.3 Å². The van der Waals surface area contributed by atoms with E-state index >= 15 is 0 Å². The van der Waals surface area contributed by atoms with E-state index in [1.807, 2.05) is 80.6 Å². The molecule has 4 amide bonds. The molecule has 8 nitrogen and oxygen atoms in total. The van der Waals surface area contributed by atoms with Gasteiger partial charge in [-0.3, -0.25) is 24.1 Å². The molecule has 8 heteroatoms. The van der Waals surface area contributed by atoms with Gasteiger partial charge in [-0.1, -0.05) is 71.0 Å². The number of anilines is 1. The standard InChI is InChI=1S/C44H40N2O6/c1-26(2)45-39(47)35-21-19-33(24-37(35)41(45)49)51-31-15-11-27(12-16-31)44(6,7)28-13-17-32(18-14-28)52-34-20-22-36-38(25-34)42(50)46(40(36)48)30-10-8-9-29(23-30)43(3,4)5/h8-26H,1-7H3. The molecule has 0 fully saturated rings. The van der Waals surface area contributed by atoms with Crippen molar-refractivity contribution in [1.82, 2.24) is 4.90 Å². The van der Waals surface area contributed by atoms with Gasteiger partial charge in [-0.15, -0.1) is 0 Å². The fourth-order valence-electron chi connectivity index (χ4n) is 6.72. The third-order valence-electron chi connectivity index (χ3n) is 9.86. The number of rotatable bonds is 8. The zero-order valence-corrected chi connectivity index (χ0v) is 30.3. The summed E-state index contributed by atoms with van der Waals surface area (Å²) in [6, 6.07) is 32.9. The number of amides is 4. The van der Waals surface area contributed by atoms with Gasteiger partial charge in [0.05, 0.1) is 27.9 Å². The van der Waals surface area contributed by atoms with Gasteiger partial charge in [0.2, 0.25) is 0 Å². The van der Waals surface area contributed by atoms with Crippen molar-refractivity contribution in [3.05, 3.63) is 148 Å². The normalized spacial score (nSPS) is 14.3. The lowest BCUT2D eigenvalue weighted by atomic mass is 9.78. The maximum atomic E-state index is 13.5. The number of imide groups is 2. The monoisotopic (exact) mass is 692 g/mol. The molecule has 5 aromatic rings. The molecule has 0 aromatic heterocycles. The van der Waals surface area contributed by atoms with Crippen LogP contribution in [0.5, 0.6) is 23.0 Å². The molecule has 0 spiro atoms. The molecule has 52 heavy (non-hydrogen) atoms. The molecule has 7 rings (SSSR count). The molecule has 0 saturated carbocycles. The van der Waals surface area contributed by atoms with Crippen molar-refractivity contribution in [2.24, 2.45) is 0 Å². The minimum absolute atomic E-state index is 0.130. The van der Waals surface area contributed by atoms with Gasteiger partial charge in [-0.25, -0.2) is 4.90 Å². The highest BCUT2D eigenvalue weighted by Gasteiger charge is 2.38. The van der Waals surface area contributed by atoms with Gasteiger partial charge in [0, 0.05) is 11.5 Å². The molecule has 0 saturated heterocycles. The molecule has 0 bridgehead atoms. The van der Waals surface area contributed by atoms with Crippen molar-refractivity contribution in [2.75, 3.05) is 4.90 Å². The number of fused-ring (bicyclic) bond motifs is 2. The molecule has 0 unspecified atom stereocenters. The Balaban J connectivity index is 1.03. The third-order valence-corrected chi connectivity index (χ3v) is 9.86. The summed E-state index contributed by atoms with van der Waals surface area (Å²) < 4.78 is 12.2. The summed E-state index contributed by atoms with van der Waals surface area (Å²) in [4.78, 5) is 54.8. The first-order valence-corrected chi connectivity index (χ1v) is 17.4. The van der Waals surface area contributed by atoms with Gasteiger partial charge in [0.1, 0.15) is 23.0 Å². The summed E-state index contributed by atoms with van der Waals surface area (Å²) in [6.07, 6.45) is 0. The average Bonchev–Trinajstić information content (AvgIpc) is 3.51.